The molecule has 0 saturated carbocycles. The number of aryl methyl sites for hydroxylation is 2. The molecule has 2 amide bonds. The maximum absolute atomic E-state index is 12.5. The molecule has 1 atom stereocenters. The number of rotatable bonds is 6. The molecule has 150 valence electrons. The zero-order valence-electron chi connectivity index (χ0n) is 16.2. The first-order valence-electron chi connectivity index (χ1n) is 9.79. The second-order valence-corrected chi connectivity index (χ2v) is 9.08. The van der Waals surface area contributed by atoms with Crippen LogP contribution in [0.5, 0.6) is 0 Å². The molecule has 1 aliphatic rings. The van der Waals surface area contributed by atoms with Crippen molar-refractivity contribution in [3.63, 3.8) is 0 Å². The number of thiophene rings is 1. The number of nitrogens with one attached hydrogen (secondary N) is 2. The highest BCUT2D eigenvalue weighted by molar-refractivity contribution is 7.14. The molecule has 5 nitrogen and oxygen atoms in total. The Morgan fingerprint density at radius 2 is 1.97 bits per heavy atom. The third kappa shape index (κ3) is 4.92. The lowest BCUT2D eigenvalue weighted by Gasteiger charge is -2.20. The van der Waals surface area contributed by atoms with Crippen molar-refractivity contribution < 1.29 is 9.59 Å². The molecule has 0 bridgehead atoms. The summed E-state index contributed by atoms with van der Waals surface area (Å²) in [7, 11) is 0. The van der Waals surface area contributed by atoms with Crippen molar-refractivity contribution in [1.82, 2.24) is 10.3 Å². The number of anilines is 1. The average molecular weight is 426 g/mol. The van der Waals surface area contributed by atoms with E-state index in [1.807, 2.05) is 23.8 Å². The van der Waals surface area contributed by atoms with Crippen LogP contribution in [0, 0.1) is 0 Å². The van der Waals surface area contributed by atoms with Gasteiger partial charge in [-0.3, -0.25) is 14.9 Å². The van der Waals surface area contributed by atoms with Crippen molar-refractivity contribution in [3.05, 3.63) is 68.4 Å². The quantitative estimate of drug-likeness (QED) is 0.598. The minimum absolute atomic E-state index is 0.0497. The van der Waals surface area contributed by atoms with E-state index in [0.29, 0.717) is 15.7 Å². The molecule has 7 heteroatoms. The molecular weight excluding hydrogens is 402 g/mol. The lowest BCUT2D eigenvalue weighted by atomic mass is 9.89. The molecule has 2 aromatic heterocycles. The number of nitrogens with zero attached hydrogens (tertiary/aromatic N) is 1. The summed E-state index contributed by atoms with van der Waals surface area (Å²) < 4.78 is 0. The molecular formula is C22H23N3O2S2. The monoisotopic (exact) mass is 425 g/mol. The van der Waals surface area contributed by atoms with Gasteiger partial charge in [-0.15, -0.1) is 22.7 Å². The molecule has 4 rings (SSSR count). The fourth-order valence-electron chi connectivity index (χ4n) is 3.58. The van der Waals surface area contributed by atoms with Crippen molar-refractivity contribution in [2.75, 3.05) is 5.32 Å². The number of hydrogen-bond acceptors (Lipinski definition) is 5. The van der Waals surface area contributed by atoms with Crippen LogP contribution in [-0.4, -0.2) is 16.8 Å². The highest BCUT2D eigenvalue weighted by atomic mass is 32.1. The summed E-state index contributed by atoms with van der Waals surface area (Å²) in [4.78, 5) is 29.6. The second kappa shape index (κ2) is 8.88. The van der Waals surface area contributed by atoms with Gasteiger partial charge in [-0.1, -0.05) is 24.3 Å². The zero-order chi connectivity index (χ0) is 20.2. The van der Waals surface area contributed by atoms with Gasteiger partial charge in [0.2, 0.25) is 5.91 Å². The van der Waals surface area contributed by atoms with Crippen LogP contribution >= 0.6 is 22.7 Å². The van der Waals surface area contributed by atoms with Crippen molar-refractivity contribution >= 4 is 39.6 Å². The van der Waals surface area contributed by atoms with Crippen molar-refractivity contribution in [2.24, 2.45) is 0 Å². The molecule has 0 fully saturated rings. The molecule has 3 aromatic rings. The van der Waals surface area contributed by atoms with Crippen LogP contribution in [0.2, 0.25) is 0 Å². The first-order chi connectivity index (χ1) is 14.1. The average Bonchev–Trinajstić information content (AvgIpc) is 3.40. The number of hydrogen-bond donors (Lipinski definition) is 2. The normalized spacial score (nSPS) is 14.1. The summed E-state index contributed by atoms with van der Waals surface area (Å²) in [6.45, 7) is 2.01. The van der Waals surface area contributed by atoms with Crippen LogP contribution < -0.4 is 10.6 Å². The van der Waals surface area contributed by atoms with E-state index in [1.54, 1.807) is 6.07 Å². The molecule has 0 aliphatic heterocycles. The number of carbonyl (C=O) groups excluding carboxylic acids is 2. The van der Waals surface area contributed by atoms with Crippen molar-refractivity contribution in [2.45, 2.75) is 45.1 Å². The first kappa shape index (κ1) is 19.8. The van der Waals surface area contributed by atoms with Crippen LogP contribution in [0.25, 0.3) is 0 Å². The van der Waals surface area contributed by atoms with Gasteiger partial charge in [-0.2, -0.15) is 0 Å². The number of carbonyl (C=O) groups is 2. The first-order valence-corrected chi connectivity index (χ1v) is 11.5. The molecule has 0 spiro atoms. The third-order valence-electron chi connectivity index (χ3n) is 5.11. The highest BCUT2D eigenvalue weighted by Crippen LogP contribution is 2.25. The summed E-state index contributed by atoms with van der Waals surface area (Å²) in [6, 6.07) is 10.1. The van der Waals surface area contributed by atoms with Gasteiger partial charge in [0.25, 0.3) is 5.91 Å². The minimum atomic E-state index is -0.175. The van der Waals surface area contributed by atoms with E-state index in [-0.39, 0.29) is 24.3 Å². The van der Waals surface area contributed by atoms with Gasteiger partial charge in [0.05, 0.1) is 23.0 Å². The van der Waals surface area contributed by atoms with Gasteiger partial charge < -0.3 is 5.32 Å². The Bertz CT molecular complexity index is 1010. The van der Waals surface area contributed by atoms with Gasteiger partial charge >= 0.3 is 0 Å². The van der Waals surface area contributed by atoms with Crippen molar-refractivity contribution in [1.29, 1.82) is 0 Å². The highest BCUT2D eigenvalue weighted by Gasteiger charge is 2.16. The summed E-state index contributed by atoms with van der Waals surface area (Å²) >= 11 is 2.71. The van der Waals surface area contributed by atoms with Crippen LogP contribution in [0.4, 0.5) is 5.13 Å². The van der Waals surface area contributed by atoms with E-state index < -0.39 is 0 Å². The van der Waals surface area contributed by atoms with Gasteiger partial charge in [0, 0.05) is 5.38 Å². The largest absolute Gasteiger partial charge is 0.349 e. The Morgan fingerprint density at radius 3 is 2.76 bits per heavy atom. The zero-order valence-corrected chi connectivity index (χ0v) is 17.9. The molecule has 1 unspecified atom stereocenters. The van der Waals surface area contributed by atoms with Gasteiger partial charge in [0.1, 0.15) is 0 Å². The lowest BCUT2D eigenvalue weighted by molar-refractivity contribution is -0.121. The molecule has 2 N–H and O–H groups in total. The maximum Gasteiger partial charge on any atom is 0.267 e. The van der Waals surface area contributed by atoms with E-state index in [1.165, 1.54) is 46.6 Å². The molecule has 1 aromatic carbocycles. The van der Waals surface area contributed by atoms with Gasteiger partial charge in [0.15, 0.2) is 5.13 Å². The van der Waals surface area contributed by atoms with Crippen molar-refractivity contribution in [3.8, 4) is 0 Å². The summed E-state index contributed by atoms with van der Waals surface area (Å²) in [5.41, 5.74) is 4.66. The topological polar surface area (TPSA) is 71.1 Å². The van der Waals surface area contributed by atoms with Gasteiger partial charge in [-0.25, -0.2) is 4.98 Å². The Balaban J connectivity index is 1.32. The third-order valence-corrected chi connectivity index (χ3v) is 6.78. The van der Waals surface area contributed by atoms with Gasteiger partial charge in [-0.05, 0) is 60.7 Å². The fraction of sp³-hybridized carbons (Fsp3) is 0.318. The lowest BCUT2D eigenvalue weighted by Crippen LogP contribution is -2.28. The Hall–Kier alpha value is -2.51. The van der Waals surface area contributed by atoms with Crippen LogP contribution in [0.3, 0.4) is 0 Å². The maximum atomic E-state index is 12.5. The predicted octanol–water partition coefficient (Wildman–Crippen LogP) is 4.76. The number of aromatic nitrogens is 1. The van der Waals surface area contributed by atoms with E-state index in [0.717, 1.165) is 18.4 Å². The standard InChI is InChI=1S/C22H23N3O2S2/c1-14(16-9-8-15-5-2-3-6-17(15)11-16)23-20(26)12-18-13-29-22(24-18)25-21(27)19-7-4-10-28-19/h4,7-11,13-14H,2-3,5-6,12H2,1H3,(H,23,26)(H,24,25,27). The molecule has 0 radical (unpaired) electrons. The van der Waals surface area contributed by atoms with Crippen LogP contribution in [0.15, 0.2) is 41.1 Å². The molecule has 2 heterocycles. The van der Waals surface area contributed by atoms with E-state index in [9.17, 15) is 9.59 Å². The molecule has 29 heavy (non-hydrogen) atoms. The van der Waals surface area contributed by atoms with Crippen LogP contribution in [-0.2, 0) is 24.1 Å². The smallest absolute Gasteiger partial charge is 0.267 e. The fourth-order valence-corrected chi connectivity index (χ4v) is 4.90. The second-order valence-electron chi connectivity index (χ2n) is 7.28. The number of amides is 2. The molecule has 1 aliphatic carbocycles. The minimum Gasteiger partial charge on any atom is -0.349 e. The molecule has 0 saturated heterocycles. The summed E-state index contributed by atoms with van der Waals surface area (Å²) in [5.74, 6) is -0.247. The predicted molar refractivity (Wildman–Crippen MR) is 118 cm³/mol. The van der Waals surface area contributed by atoms with Crippen LogP contribution in [0.1, 0.15) is 57.9 Å². The SMILES string of the molecule is CC(NC(=O)Cc1csc(NC(=O)c2cccs2)n1)c1ccc2c(c1)CCCC2. The van der Waals surface area contributed by atoms with E-state index in [2.05, 4.69) is 33.8 Å². The summed E-state index contributed by atoms with van der Waals surface area (Å²) in [6.07, 6.45) is 4.99. The Kier molecular flexibility index (Phi) is 6.06. The van der Waals surface area contributed by atoms with E-state index in [4.69, 9.17) is 0 Å². The number of benzene rings is 1. The Labute approximate surface area is 178 Å². The summed E-state index contributed by atoms with van der Waals surface area (Å²) in [5, 5.41) is 10.0. The number of thiazole rings is 1. The Morgan fingerprint density at radius 1 is 1.14 bits per heavy atom. The van der Waals surface area contributed by atoms with E-state index >= 15 is 0 Å². The number of fused-ring (bicyclic) bond motifs is 1.